The predicted molar refractivity (Wildman–Crippen MR) is 52.6 cm³/mol. The van der Waals surface area contributed by atoms with Crippen molar-refractivity contribution in [1.29, 1.82) is 0 Å². The highest BCUT2D eigenvalue weighted by molar-refractivity contribution is 5.15. The van der Waals surface area contributed by atoms with Crippen molar-refractivity contribution in [2.24, 2.45) is 0 Å². The topological polar surface area (TPSA) is 39.1 Å². The van der Waals surface area contributed by atoms with E-state index in [1.807, 2.05) is 0 Å². The summed E-state index contributed by atoms with van der Waals surface area (Å²) in [5, 5.41) is 3.36. The highest BCUT2D eigenvalue weighted by Gasteiger charge is 2.22. The van der Waals surface area contributed by atoms with Crippen LogP contribution in [0.3, 0.4) is 0 Å². The molecule has 2 aliphatic heterocycles. The third-order valence-electron chi connectivity index (χ3n) is 3.01. The molecule has 14 heavy (non-hydrogen) atoms. The number of hydrogen-bond acceptors (Lipinski definition) is 3. The lowest BCUT2D eigenvalue weighted by atomic mass is 10.1. The zero-order valence-electron chi connectivity index (χ0n) is 8.20. The smallest absolute Gasteiger partial charge is 0.296 e. The number of imidazole rings is 1. The van der Waals surface area contributed by atoms with E-state index in [-0.39, 0.29) is 0 Å². The van der Waals surface area contributed by atoms with Crippen molar-refractivity contribution in [1.82, 2.24) is 14.9 Å². The quantitative estimate of drug-likeness (QED) is 0.715. The second-order valence-corrected chi connectivity index (χ2v) is 4.03. The average molecular weight is 193 g/mol. The van der Waals surface area contributed by atoms with Crippen LogP contribution in [0.4, 0.5) is 0 Å². The van der Waals surface area contributed by atoms with Gasteiger partial charge in [0.2, 0.25) is 0 Å². The average Bonchev–Trinajstić information content (AvgIpc) is 2.86. The van der Waals surface area contributed by atoms with Crippen LogP contribution in [-0.2, 0) is 6.54 Å². The Morgan fingerprint density at radius 1 is 1.57 bits per heavy atom. The Kier molecular flexibility index (Phi) is 1.94. The number of aromatic nitrogens is 2. The lowest BCUT2D eigenvalue weighted by molar-refractivity contribution is 0.230. The van der Waals surface area contributed by atoms with Gasteiger partial charge < -0.3 is 14.6 Å². The Morgan fingerprint density at radius 2 is 2.57 bits per heavy atom. The Labute approximate surface area is 83.3 Å². The summed E-state index contributed by atoms with van der Waals surface area (Å²) in [4.78, 5) is 4.53. The third kappa shape index (κ3) is 1.30. The van der Waals surface area contributed by atoms with E-state index in [1.165, 1.54) is 12.1 Å². The van der Waals surface area contributed by atoms with Crippen LogP contribution in [-0.4, -0.2) is 29.2 Å². The maximum absolute atomic E-state index is 5.50. The van der Waals surface area contributed by atoms with Crippen LogP contribution in [0.25, 0.3) is 0 Å². The molecular weight excluding hydrogens is 178 g/mol. The first kappa shape index (κ1) is 8.29. The van der Waals surface area contributed by atoms with Gasteiger partial charge in [-0.05, 0) is 19.4 Å². The minimum absolute atomic E-state index is 0.594. The van der Waals surface area contributed by atoms with E-state index < -0.39 is 0 Å². The molecule has 3 heterocycles. The van der Waals surface area contributed by atoms with Gasteiger partial charge >= 0.3 is 0 Å². The Hall–Kier alpha value is -1.03. The van der Waals surface area contributed by atoms with E-state index in [9.17, 15) is 0 Å². The number of rotatable bonds is 1. The minimum atomic E-state index is 0.594. The zero-order valence-corrected chi connectivity index (χ0v) is 8.20. The van der Waals surface area contributed by atoms with Crippen molar-refractivity contribution in [3.8, 4) is 6.01 Å². The highest BCUT2D eigenvalue weighted by atomic mass is 16.5. The molecule has 0 radical (unpaired) electrons. The van der Waals surface area contributed by atoms with Crippen molar-refractivity contribution >= 4 is 0 Å². The monoisotopic (exact) mass is 193 g/mol. The van der Waals surface area contributed by atoms with Crippen molar-refractivity contribution in [3.63, 3.8) is 0 Å². The molecule has 1 N–H and O–H groups in total. The first-order valence-electron chi connectivity index (χ1n) is 5.34. The van der Waals surface area contributed by atoms with E-state index in [1.54, 1.807) is 0 Å². The molecule has 1 unspecified atom stereocenters. The Balaban J connectivity index is 1.87. The molecule has 1 fully saturated rings. The van der Waals surface area contributed by atoms with Gasteiger partial charge in [0.15, 0.2) is 0 Å². The van der Waals surface area contributed by atoms with Crippen molar-refractivity contribution in [3.05, 3.63) is 11.9 Å². The molecule has 2 aliphatic rings. The summed E-state index contributed by atoms with van der Waals surface area (Å²) >= 11 is 0. The molecule has 76 valence electrons. The van der Waals surface area contributed by atoms with E-state index in [0.29, 0.717) is 5.92 Å². The number of nitrogens with one attached hydrogen (secondary N) is 1. The zero-order chi connectivity index (χ0) is 9.38. The second kappa shape index (κ2) is 3.28. The fourth-order valence-corrected chi connectivity index (χ4v) is 2.20. The summed E-state index contributed by atoms with van der Waals surface area (Å²) in [6, 6.07) is 0.818. The number of aryl methyl sites for hydroxylation is 1. The van der Waals surface area contributed by atoms with Gasteiger partial charge in [-0.25, -0.2) is 0 Å². The predicted octanol–water partition coefficient (Wildman–Crippen LogP) is 0.742. The molecular formula is C10H15N3O. The van der Waals surface area contributed by atoms with Crippen LogP contribution in [0.5, 0.6) is 6.01 Å². The SMILES string of the molecule is c1c(C2CCNC2)nc2n1CCCO2. The lowest BCUT2D eigenvalue weighted by Crippen LogP contribution is -2.13. The maximum atomic E-state index is 5.50. The van der Waals surface area contributed by atoms with Gasteiger partial charge in [0, 0.05) is 25.2 Å². The Morgan fingerprint density at radius 3 is 3.36 bits per heavy atom. The molecule has 0 amide bonds. The van der Waals surface area contributed by atoms with E-state index in [4.69, 9.17) is 4.74 Å². The van der Waals surface area contributed by atoms with Gasteiger partial charge in [-0.15, -0.1) is 0 Å². The Bertz CT molecular complexity index is 305. The van der Waals surface area contributed by atoms with Crippen molar-refractivity contribution in [2.75, 3.05) is 19.7 Å². The molecule has 0 aromatic carbocycles. The van der Waals surface area contributed by atoms with Gasteiger partial charge in [0.25, 0.3) is 6.01 Å². The minimum Gasteiger partial charge on any atom is -0.465 e. The molecule has 4 heteroatoms. The number of hydrogen-bond donors (Lipinski definition) is 1. The molecule has 4 nitrogen and oxygen atoms in total. The largest absolute Gasteiger partial charge is 0.465 e. The maximum Gasteiger partial charge on any atom is 0.296 e. The summed E-state index contributed by atoms with van der Waals surface area (Å²) in [5.41, 5.74) is 1.20. The fraction of sp³-hybridized carbons (Fsp3) is 0.700. The second-order valence-electron chi connectivity index (χ2n) is 4.03. The molecule has 3 rings (SSSR count). The molecule has 0 spiro atoms. The van der Waals surface area contributed by atoms with Crippen molar-refractivity contribution < 1.29 is 4.74 Å². The normalized spacial score (nSPS) is 25.9. The van der Waals surface area contributed by atoms with E-state index >= 15 is 0 Å². The molecule has 0 bridgehead atoms. The van der Waals surface area contributed by atoms with Crippen LogP contribution < -0.4 is 10.1 Å². The third-order valence-corrected chi connectivity index (χ3v) is 3.01. The first-order chi connectivity index (χ1) is 6.93. The van der Waals surface area contributed by atoms with Gasteiger partial charge in [0.05, 0.1) is 12.3 Å². The molecule has 1 saturated heterocycles. The van der Waals surface area contributed by atoms with Crippen LogP contribution in [0.1, 0.15) is 24.5 Å². The van der Waals surface area contributed by atoms with Crippen LogP contribution in [0, 0.1) is 0 Å². The van der Waals surface area contributed by atoms with Crippen LogP contribution >= 0.6 is 0 Å². The summed E-state index contributed by atoms with van der Waals surface area (Å²) in [5.74, 6) is 0.594. The summed E-state index contributed by atoms with van der Waals surface area (Å²) in [6.07, 6.45) is 4.47. The van der Waals surface area contributed by atoms with Gasteiger partial charge in [-0.3, -0.25) is 0 Å². The van der Waals surface area contributed by atoms with Gasteiger partial charge in [-0.1, -0.05) is 0 Å². The van der Waals surface area contributed by atoms with Gasteiger partial charge in [-0.2, -0.15) is 4.98 Å². The van der Waals surface area contributed by atoms with Crippen molar-refractivity contribution in [2.45, 2.75) is 25.3 Å². The number of nitrogens with zero attached hydrogens (tertiary/aromatic N) is 2. The summed E-state index contributed by atoms with van der Waals surface area (Å²) in [6.45, 7) is 4.06. The van der Waals surface area contributed by atoms with Crippen LogP contribution in [0.2, 0.25) is 0 Å². The molecule has 1 atom stereocenters. The molecule has 0 saturated carbocycles. The summed E-state index contributed by atoms with van der Waals surface area (Å²) in [7, 11) is 0. The summed E-state index contributed by atoms with van der Waals surface area (Å²) < 4.78 is 7.63. The standard InChI is InChI=1S/C10H15N3O/c1-4-13-7-9(8-2-3-11-6-8)12-10(13)14-5-1/h7-8,11H,1-6H2. The van der Waals surface area contributed by atoms with Gasteiger partial charge in [0.1, 0.15) is 0 Å². The molecule has 1 aromatic rings. The first-order valence-corrected chi connectivity index (χ1v) is 5.34. The highest BCUT2D eigenvalue weighted by Crippen LogP contribution is 2.25. The molecule has 0 aliphatic carbocycles. The fourth-order valence-electron chi connectivity index (χ4n) is 2.20. The number of ether oxygens (including phenoxy) is 1. The molecule has 1 aromatic heterocycles. The lowest BCUT2D eigenvalue weighted by Gasteiger charge is -2.13. The van der Waals surface area contributed by atoms with E-state index in [0.717, 1.165) is 38.7 Å². The number of fused-ring (bicyclic) bond motifs is 1. The van der Waals surface area contributed by atoms with Crippen LogP contribution in [0.15, 0.2) is 6.20 Å². The van der Waals surface area contributed by atoms with E-state index in [2.05, 4.69) is 21.1 Å².